The molecule has 0 aliphatic rings. The Labute approximate surface area is 96.9 Å². The molecule has 1 rings (SSSR count). The number of aromatic nitrogens is 3. The first-order valence-electron chi connectivity index (χ1n) is 5.68. The van der Waals surface area contributed by atoms with Crippen molar-refractivity contribution in [3.05, 3.63) is 11.6 Å². The number of aryl methyl sites for hydroxylation is 3. The van der Waals surface area contributed by atoms with Gasteiger partial charge in [0.25, 0.3) is 0 Å². The minimum absolute atomic E-state index is 0.152. The van der Waals surface area contributed by atoms with Crippen LogP contribution in [0.4, 0.5) is 0 Å². The lowest BCUT2D eigenvalue weighted by molar-refractivity contribution is 0.169. The molecule has 0 bridgehead atoms. The van der Waals surface area contributed by atoms with Gasteiger partial charge >= 0.3 is 0 Å². The van der Waals surface area contributed by atoms with Gasteiger partial charge in [-0.1, -0.05) is 0 Å². The summed E-state index contributed by atoms with van der Waals surface area (Å²) in [4.78, 5) is 4.25. The van der Waals surface area contributed by atoms with Crippen LogP contribution in [0.1, 0.15) is 31.4 Å². The maximum atomic E-state index is 9.24. The van der Waals surface area contributed by atoms with Gasteiger partial charge in [-0.05, 0) is 40.7 Å². The van der Waals surface area contributed by atoms with E-state index in [0.717, 1.165) is 31.0 Å². The maximum Gasteiger partial charge on any atom is 0.147 e. The highest BCUT2D eigenvalue weighted by Gasteiger charge is 2.19. The minimum atomic E-state index is -0.191. The van der Waals surface area contributed by atoms with E-state index in [9.17, 15) is 5.11 Å². The first-order valence-corrected chi connectivity index (χ1v) is 5.68. The monoisotopic (exact) mass is 226 g/mol. The summed E-state index contributed by atoms with van der Waals surface area (Å²) in [5, 5.41) is 16.7. The average Bonchev–Trinajstić information content (AvgIpc) is 2.57. The molecule has 92 valence electrons. The van der Waals surface area contributed by atoms with Crippen LogP contribution < -0.4 is 5.32 Å². The van der Waals surface area contributed by atoms with Crippen molar-refractivity contribution in [2.45, 2.75) is 45.7 Å². The Kier molecular flexibility index (Phi) is 4.44. The van der Waals surface area contributed by atoms with Gasteiger partial charge in [-0.2, -0.15) is 5.10 Å². The molecule has 0 aliphatic carbocycles. The number of hydrogen-bond acceptors (Lipinski definition) is 4. The molecule has 5 nitrogen and oxygen atoms in total. The van der Waals surface area contributed by atoms with E-state index >= 15 is 0 Å². The topological polar surface area (TPSA) is 63.0 Å². The molecule has 0 amide bonds. The summed E-state index contributed by atoms with van der Waals surface area (Å²) >= 11 is 0. The van der Waals surface area contributed by atoms with E-state index in [-0.39, 0.29) is 12.1 Å². The number of hydrogen-bond donors (Lipinski definition) is 2. The Morgan fingerprint density at radius 1 is 1.44 bits per heavy atom. The molecule has 0 saturated heterocycles. The van der Waals surface area contributed by atoms with Gasteiger partial charge in [-0.3, -0.25) is 4.68 Å². The van der Waals surface area contributed by atoms with Gasteiger partial charge in [-0.15, -0.1) is 0 Å². The number of likely N-dealkylation sites (N-methyl/N-ethyl adjacent to an activating group) is 1. The van der Waals surface area contributed by atoms with E-state index in [4.69, 9.17) is 0 Å². The molecule has 5 heteroatoms. The SMILES string of the molecule is CNC(C)(CO)CCCn1nc(C)nc1C. The Bertz CT molecular complexity index is 331. The highest BCUT2D eigenvalue weighted by Crippen LogP contribution is 2.12. The van der Waals surface area contributed by atoms with E-state index in [2.05, 4.69) is 15.4 Å². The highest BCUT2D eigenvalue weighted by molar-refractivity contribution is 4.88. The molecule has 1 aromatic rings. The molecular weight excluding hydrogens is 204 g/mol. The van der Waals surface area contributed by atoms with Gasteiger partial charge in [-0.25, -0.2) is 4.98 Å². The molecule has 1 unspecified atom stereocenters. The molecule has 0 aromatic carbocycles. The summed E-state index contributed by atoms with van der Waals surface area (Å²) < 4.78 is 1.92. The third-order valence-corrected chi connectivity index (χ3v) is 3.01. The second-order valence-electron chi connectivity index (χ2n) is 4.50. The zero-order valence-corrected chi connectivity index (χ0v) is 10.6. The molecular formula is C11H22N4O. The number of nitrogens with zero attached hydrogens (tertiary/aromatic N) is 3. The zero-order chi connectivity index (χ0) is 12.2. The van der Waals surface area contributed by atoms with Crippen molar-refractivity contribution >= 4 is 0 Å². The lowest BCUT2D eigenvalue weighted by Gasteiger charge is -2.26. The van der Waals surface area contributed by atoms with Crippen molar-refractivity contribution in [1.82, 2.24) is 20.1 Å². The summed E-state index contributed by atoms with van der Waals surface area (Å²) in [6.07, 6.45) is 1.89. The van der Waals surface area contributed by atoms with E-state index in [1.165, 1.54) is 0 Å². The quantitative estimate of drug-likeness (QED) is 0.747. The lowest BCUT2D eigenvalue weighted by atomic mass is 9.97. The van der Waals surface area contributed by atoms with Gasteiger partial charge in [0, 0.05) is 12.1 Å². The molecule has 0 saturated carbocycles. The minimum Gasteiger partial charge on any atom is -0.394 e. The molecule has 0 radical (unpaired) electrons. The standard InChI is InChI=1S/C11H22N4O/c1-9-13-10(2)15(14-9)7-5-6-11(3,8-16)12-4/h12,16H,5-8H2,1-4H3. The third-order valence-electron chi connectivity index (χ3n) is 3.01. The normalized spacial score (nSPS) is 15.1. The van der Waals surface area contributed by atoms with Gasteiger partial charge in [0.1, 0.15) is 11.6 Å². The maximum absolute atomic E-state index is 9.24. The summed E-state index contributed by atoms with van der Waals surface area (Å²) in [6, 6.07) is 0. The van der Waals surface area contributed by atoms with Gasteiger partial charge < -0.3 is 10.4 Å². The third kappa shape index (κ3) is 3.28. The highest BCUT2D eigenvalue weighted by atomic mass is 16.3. The first kappa shape index (κ1) is 13.1. The second kappa shape index (κ2) is 5.41. The smallest absolute Gasteiger partial charge is 0.147 e. The molecule has 1 atom stereocenters. The summed E-state index contributed by atoms with van der Waals surface area (Å²) in [5.41, 5.74) is -0.191. The number of nitrogens with one attached hydrogen (secondary N) is 1. The molecule has 1 aromatic heterocycles. The molecule has 0 aliphatic heterocycles. The lowest BCUT2D eigenvalue weighted by Crippen LogP contribution is -2.43. The van der Waals surface area contributed by atoms with Crippen LogP contribution in [0.25, 0.3) is 0 Å². The number of rotatable bonds is 6. The fourth-order valence-electron chi connectivity index (χ4n) is 1.68. The van der Waals surface area contributed by atoms with Crippen LogP contribution >= 0.6 is 0 Å². The Balaban J connectivity index is 2.44. The van der Waals surface area contributed by atoms with Crippen molar-refractivity contribution in [3.8, 4) is 0 Å². The molecule has 0 spiro atoms. The van der Waals surface area contributed by atoms with E-state index in [0.29, 0.717) is 0 Å². The van der Waals surface area contributed by atoms with Gasteiger partial charge in [0.2, 0.25) is 0 Å². The molecule has 16 heavy (non-hydrogen) atoms. The van der Waals surface area contributed by atoms with Gasteiger partial charge in [0.05, 0.1) is 6.61 Å². The van der Waals surface area contributed by atoms with Crippen molar-refractivity contribution < 1.29 is 5.11 Å². The van der Waals surface area contributed by atoms with Crippen molar-refractivity contribution in [1.29, 1.82) is 0 Å². The Morgan fingerprint density at radius 3 is 2.56 bits per heavy atom. The molecule has 2 N–H and O–H groups in total. The summed E-state index contributed by atoms with van der Waals surface area (Å²) in [5.74, 6) is 1.77. The largest absolute Gasteiger partial charge is 0.394 e. The van der Waals surface area contributed by atoms with E-state index in [1.807, 2.05) is 32.5 Å². The van der Waals surface area contributed by atoms with E-state index in [1.54, 1.807) is 0 Å². The molecule has 0 fully saturated rings. The van der Waals surface area contributed by atoms with Crippen LogP contribution in [-0.2, 0) is 6.54 Å². The fourth-order valence-corrected chi connectivity index (χ4v) is 1.68. The van der Waals surface area contributed by atoms with Crippen LogP contribution in [0.2, 0.25) is 0 Å². The average molecular weight is 226 g/mol. The number of aliphatic hydroxyl groups is 1. The van der Waals surface area contributed by atoms with Crippen LogP contribution in [0.15, 0.2) is 0 Å². The van der Waals surface area contributed by atoms with E-state index < -0.39 is 0 Å². The van der Waals surface area contributed by atoms with Crippen molar-refractivity contribution in [3.63, 3.8) is 0 Å². The van der Waals surface area contributed by atoms with Crippen molar-refractivity contribution in [2.75, 3.05) is 13.7 Å². The van der Waals surface area contributed by atoms with Crippen LogP contribution in [0, 0.1) is 13.8 Å². The molecule has 1 heterocycles. The predicted octanol–water partition coefficient (Wildman–Crippen LogP) is 0.646. The van der Waals surface area contributed by atoms with Crippen LogP contribution in [0.3, 0.4) is 0 Å². The predicted molar refractivity (Wildman–Crippen MR) is 63.3 cm³/mol. The van der Waals surface area contributed by atoms with Gasteiger partial charge in [0.15, 0.2) is 0 Å². The first-order chi connectivity index (χ1) is 7.50. The number of aliphatic hydroxyl groups excluding tert-OH is 1. The second-order valence-corrected chi connectivity index (χ2v) is 4.50. The Morgan fingerprint density at radius 2 is 2.12 bits per heavy atom. The Hall–Kier alpha value is -0.940. The summed E-state index contributed by atoms with van der Waals surface area (Å²) in [6.45, 7) is 6.88. The van der Waals surface area contributed by atoms with Crippen LogP contribution in [0.5, 0.6) is 0 Å². The summed E-state index contributed by atoms with van der Waals surface area (Å²) in [7, 11) is 1.88. The zero-order valence-electron chi connectivity index (χ0n) is 10.6. The van der Waals surface area contributed by atoms with Crippen LogP contribution in [-0.4, -0.2) is 39.1 Å². The van der Waals surface area contributed by atoms with Crippen molar-refractivity contribution in [2.24, 2.45) is 0 Å². The fraction of sp³-hybridized carbons (Fsp3) is 0.818.